The maximum Gasteiger partial charge on any atom is 0.239 e. The molecule has 2 N–H and O–H groups in total. The maximum atomic E-state index is 12.4. The molecule has 124 valence electrons. The molecule has 3 heterocycles. The number of H-pyrrole nitrogens is 1. The third kappa shape index (κ3) is 3.64. The van der Waals surface area contributed by atoms with Gasteiger partial charge in [0.05, 0.1) is 11.5 Å². The van der Waals surface area contributed by atoms with Gasteiger partial charge in [-0.15, -0.1) is 11.3 Å². The van der Waals surface area contributed by atoms with Crippen LogP contribution >= 0.6 is 11.3 Å². The van der Waals surface area contributed by atoms with E-state index in [0.29, 0.717) is 12.5 Å². The molecule has 1 saturated heterocycles. The van der Waals surface area contributed by atoms with Gasteiger partial charge in [-0.3, -0.25) is 9.69 Å². The van der Waals surface area contributed by atoms with Crippen molar-refractivity contribution in [2.24, 2.45) is 0 Å². The summed E-state index contributed by atoms with van der Waals surface area (Å²) in [6, 6.07) is 0. The van der Waals surface area contributed by atoms with Crippen molar-refractivity contribution >= 4 is 22.2 Å². The summed E-state index contributed by atoms with van der Waals surface area (Å²) in [7, 11) is 0. The molecule has 1 atom stereocenters. The highest BCUT2D eigenvalue weighted by atomic mass is 32.1. The van der Waals surface area contributed by atoms with Gasteiger partial charge in [0.25, 0.3) is 0 Å². The zero-order valence-corrected chi connectivity index (χ0v) is 14.8. The number of nitrogens with zero attached hydrogens (tertiary/aromatic N) is 2. The Morgan fingerprint density at radius 1 is 1.43 bits per heavy atom. The van der Waals surface area contributed by atoms with Gasteiger partial charge in [0, 0.05) is 29.7 Å². The summed E-state index contributed by atoms with van der Waals surface area (Å²) < 4.78 is 0. The monoisotopic (exact) mass is 332 g/mol. The maximum absolute atomic E-state index is 12.4. The van der Waals surface area contributed by atoms with E-state index in [9.17, 15) is 4.79 Å². The highest BCUT2D eigenvalue weighted by Gasteiger charge is 2.24. The molecule has 0 aromatic carbocycles. The van der Waals surface area contributed by atoms with Gasteiger partial charge in [-0.25, -0.2) is 4.98 Å². The molecule has 2 aromatic heterocycles. The van der Waals surface area contributed by atoms with Crippen LogP contribution in [-0.2, 0) is 4.79 Å². The van der Waals surface area contributed by atoms with E-state index < -0.39 is 0 Å². The summed E-state index contributed by atoms with van der Waals surface area (Å²) in [5.74, 6) is 1.52. The zero-order valence-electron chi connectivity index (χ0n) is 14.0. The van der Waals surface area contributed by atoms with Crippen molar-refractivity contribution < 1.29 is 4.79 Å². The van der Waals surface area contributed by atoms with Crippen LogP contribution in [0.5, 0.6) is 0 Å². The van der Waals surface area contributed by atoms with Crippen molar-refractivity contribution in [3.8, 4) is 0 Å². The van der Waals surface area contributed by atoms with Crippen molar-refractivity contribution in [1.82, 2.24) is 14.9 Å². The number of aromatic amines is 1. The first-order chi connectivity index (χ1) is 11.0. The van der Waals surface area contributed by atoms with Gasteiger partial charge in [-0.05, 0) is 51.3 Å². The van der Waals surface area contributed by atoms with Gasteiger partial charge >= 0.3 is 0 Å². The average Bonchev–Trinajstić information content (AvgIpc) is 3.14. The van der Waals surface area contributed by atoms with Gasteiger partial charge in [0.15, 0.2) is 0 Å². The smallest absolute Gasteiger partial charge is 0.239 e. The van der Waals surface area contributed by atoms with E-state index in [0.717, 1.165) is 36.8 Å². The molecular formula is C17H24N4OS. The van der Waals surface area contributed by atoms with Crippen LogP contribution < -0.4 is 5.32 Å². The Kier molecular flexibility index (Phi) is 4.82. The largest absolute Gasteiger partial charge is 0.348 e. The number of hydrogen-bond acceptors (Lipinski definition) is 4. The summed E-state index contributed by atoms with van der Waals surface area (Å²) in [6.07, 6.45) is 5.90. The van der Waals surface area contributed by atoms with Crippen LogP contribution in [-0.4, -0.2) is 40.4 Å². The second kappa shape index (κ2) is 6.84. The van der Waals surface area contributed by atoms with Crippen LogP contribution in [0.3, 0.4) is 0 Å². The minimum atomic E-state index is 0.0782. The topological polar surface area (TPSA) is 61.0 Å². The van der Waals surface area contributed by atoms with E-state index in [1.807, 2.05) is 6.20 Å². The minimum Gasteiger partial charge on any atom is -0.348 e. The summed E-state index contributed by atoms with van der Waals surface area (Å²) in [5, 5.41) is 4.07. The van der Waals surface area contributed by atoms with Crippen LogP contribution in [0.2, 0.25) is 0 Å². The molecule has 1 aliphatic heterocycles. The van der Waals surface area contributed by atoms with Crippen LogP contribution in [0.15, 0.2) is 12.4 Å². The third-order valence-electron chi connectivity index (χ3n) is 4.72. The summed E-state index contributed by atoms with van der Waals surface area (Å²) in [6.45, 7) is 8.60. The van der Waals surface area contributed by atoms with Crippen molar-refractivity contribution in [3.63, 3.8) is 0 Å². The number of amides is 1. The number of hydrogen-bond donors (Lipinski definition) is 2. The average molecular weight is 332 g/mol. The fraction of sp³-hybridized carbons (Fsp3) is 0.529. The molecule has 0 radical (unpaired) electrons. The molecule has 1 amide bonds. The number of likely N-dealkylation sites (tertiary alicyclic amines) is 1. The molecule has 23 heavy (non-hydrogen) atoms. The molecule has 1 aliphatic rings. The molecule has 0 spiro atoms. The molecule has 2 aromatic rings. The Morgan fingerprint density at radius 2 is 2.26 bits per heavy atom. The normalized spacial score (nSPS) is 19.0. The second-order valence-electron chi connectivity index (χ2n) is 6.33. The fourth-order valence-corrected chi connectivity index (χ4v) is 4.24. The number of imidazole rings is 1. The van der Waals surface area contributed by atoms with Gasteiger partial charge < -0.3 is 10.3 Å². The lowest BCUT2D eigenvalue weighted by molar-refractivity contribution is -0.117. The van der Waals surface area contributed by atoms with Crippen molar-refractivity contribution in [1.29, 1.82) is 0 Å². The van der Waals surface area contributed by atoms with E-state index in [2.05, 4.69) is 41.0 Å². The van der Waals surface area contributed by atoms with E-state index in [1.165, 1.54) is 16.0 Å². The van der Waals surface area contributed by atoms with Crippen molar-refractivity contribution in [2.45, 2.75) is 39.5 Å². The number of rotatable bonds is 4. The zero-order chi connectivity index (χ0) is 16.4. The second-order valence-corrected chi connectivity index (χ2v) is 7.56. The lowest BCUT2D eigenvalue weighted by atomic mass is 9.97. The van der Waals surface area contributed by atoms with E-state index in [1.54, 1.807) is 17.5 Å². The Hall–Kier alpha value is -1.66. The Bertz CT molecular complexity index is 677. The van der Waals surface area contributed by atoms with Crippen LogP contribution in [0.1, 0.15) is 40.6 Å². The lowest BCUT2D eigenvalue weighted by Gasteiger charge is -2.31. The fourth-order valence-electron chi connectivity index (χ4n) is 3.15. The minimum absolute atomic E-state index is 0.0782. The van der Waals surface area contributed by atoms with Crippen LogP contribution in [0.4, 0.5) is 5.00 Å². The van der Waals surface area contributed by atoms with E-state index in [-0.39, 0.29) is 5.91 Å². The summed E-state index contributed by atoms with van der Waals surface area (Å²) in [4.78, 5) is 23.4. The molecule has 0 aliphatic carbocycles. The summed E-state index contributed by atoms with van der Waals surface area (Å²) >= 11 is 1.66. The first kappa shape index (κ1) is 16.2. The first-order valence-electron chi connectivity index (χ1n) is 8.12. The van der Waals surface area contributed by atoms with E-state index in [4.69, 9.17) is 0 Å². The number of carbonyl (C=O) groups is 1. The predicted molar refractivity (Wildman–Crippen MR) is 94.2 cm³/mol. The third-order valence-corrected chi connectivity index (χ3v) is 5.94. The summed E-state index contributed by atoms with van der Waals surface area (Å²) in [5.41, 5.74) is 2.47. The molecule has 0 saturated carbocycles. The van der Waals surface area contributed by atoms with Crippen molar-refractivity contribution in [2.75, 3.05) is 25.0 Å². The van der Waals surface area contributed by atoms with Crippen molar-refractivity contribution in [3.05, 3.63) is 34.2 Å². The molecule has 0 unspecified atom stereocenters. The van der Waals surface area contributed by atoms with Gasteiger partial charge in [0.2, 0.25) is 5.91 Å². The molecule has 5 nitrogen and oxygen atoms in total. The number of piperidine rings is 1. The standard InChI is InChI=1S/C17H24N4OS/c1-11-12(2)17(23-13(11)3)20-15(22)10-21-8-4-5-14(9-21)16-18-6-7-19-16/h6-7,14H,4-5,8-10H2,1-3H3,(H,18,19)(H,20,22)/t14-/m1/s1. The number of aromatic nitrogens is 2. The SMILES string of the molecule is Cc1sc(NC(=O)CN2CCC[C@@H](c3ncc[nH]3)C2)c(C)c1C. The molecule has 3 rings (SSSR count). The number of nitrogens with one attached hydrogen (secondary N) is 2. The Morgan fingerprint density at radius 3 is 2.91 bits per heavy atom. The molecule has 0 bridgehead atoms. The first-order valence-corrected chi connectivity index (χ1v) is 8.94. The highest BCUT2D eigenvalue weighted by Crippen LogP contribution is 2.31. The molecular weight excluding hydrogens is 308 g/mol. The predicted octanol–water partition coefficient (Wildman–Crippen LogP) is 3.21. The van der Waals surface area contributed by atoms with Crippen LogP contribution in [0.25, 0.3) is 0 Å². The van der Waals surface area contributed by atoms with Gasteiger partial charge in [-0.1, -0.05) is 0 Å². The Labute approximate surface area is 141 Å². The molecule has 1 fully saturated rings. The quantitative estimate of drug-likeness (QED) is 0.904. The highest BCUT2D eigenvalue weighted by molar-refractivity contribution is 7.16. The number of aryl methyl sites for hydroxylation is 1. The number of carbonyl (C=O) groups excluding carboxylic acids is 1. The van der Waals surface area contributed by atoms with Gasteiger partial charge in [-0.2, -0.15) is 0 Å². The van der Waals surface area contributed by atoms with E-state index >= 15 is 0 Å². The Balaban J connectivity index is 1.58. The lowest BCUT2D eigenvalue weighted by Crippen LogP contribution is -2.40. The van der Waals surface area contributed by atoms with Gasteiger partial charge in [0.1, 0.15) is 5.82 Å². The number of thiophene rings is 1. The molecule has 6 heteroatoms. The number of anilines is 1. The van der Waals surface area contributed by atoms with Crippen LogP contribution in [0, 0.1) is 20.8 Å².